The van der Waals surface area contributed by atoms with E-state index in [1.165, 1.54) is 27.8 Å². The molecule has 288 valence electrons. The average Bonchev–Trinajstić information content (AvgIpc) is 3.66. The van der Waals surface area contributed by atoms with Crippen molar-refractivity contribution < 1.29 is 72.3 Å². The first-order chi connectivity index (χ1) is 23.1. The van der Waals surface area contributed by atoms with Crippen molar-refractivity contribution in [2.75, 3.05) is 26.2 Å². The molecule has 10 N–H and O–H groups in total. The van der Waals surface area contributed by atoms with Gasteiger partial charge in [-0.05, 0) is 61.4 Å². The molecule has 0 radical (unpaired) electrons. The summed E-state index contributed by atoms with van der Waals surface area (Å²) in [7, 11) is -8.12. The number of carbonyl (C=O) groups excluding carboxylic acids is 2. The number of aromatic nitrogens is 4. The Morgan fingerprint density at radius 2 is 0.980 bits per heavy atom. The second-order valence-electron chi connectivity index (χ2n) is 12.6. The Bertz CT molecular complexity index is 1410. The van der Waals surface area contributed by atoms with E-state index >= 15 is 0 Å². The molecule has 16 nitrogen and oxygen atoms in total. The summed E-state index contributed by atoms with van der Waals surface area (Å²) < 4.78 is 8.49. The van der Waals surface area contributed by atoms with Crippen molar-refractivity contribution >= 4 is 29.7 Å². The van der Waals surface area contributed by atoms with Crippen LogP contribution >= 0.6 is 0 Å². The summed E-state index contributed by atoms with van der Waals surface area (Å²) >= 11 is 0. The number of imidazole rings is 2. The summed E-state index contributed by atoms with van der Waals surface area (Å²) in [4.78, 5) is 77.9. The largest absolute Gasteiger partial charge is 1.00 e. The van der Waals surface area contributed by atoms with Gasteiger partial charge in [0.25, 0.3) is 0 Å². The second-order valence-corrected chi connectivity index (χ2v) is 16.7. The van der Waals surface area contributed by atoms with Gasteiger partial charge in [0.2, 0.25) is 12.7 Å². The maximum Gasteiger partial charge on any atom is 0.492 e. The third-order valence-electron chi connectivity index (χ3n) is 8.17. The molecule has 0 saturated heterocycles. The maximum atomic E-state index is 11.9. The molecule has 3 aromatic rings. The minimum atomic E-state index is -4.06. The van der Waals surface area contributed by atoms with Gasteiger partial charge in [-0.25, -0.2) is 27.9 Å². The smallest absolute Gasteiger partial charge is 0.492 e. The minimum absolute atomic E-state index is 0. The summed E-state index contributed by atoms with van der Waals surface area (Å²) in [5, 5.41) is 10.9. The number of aryl methyl sites for hydroxylation is 4. The molecule has 0 fully saturated rings. The van der Waals surface area contributed by atoms with Gasteiger partial charge in [0.1, 0.15) is 37.9 Å². The number of hydrogen-bond acceptors (Lipinski definition) is 8. The van der Waals surface area contributed by atoms with Crippen LogP contribution in [0.5, 0.6) is 0 Å². The lowest BCUT2D eigenvalue weighted by Gasteiger charge is -2.15. The van der Waals surface area contributed by atoms with Crippen LogP contribution in [0.4, 0.5) is 9.59 Å². The molecule has 2 aromatic heterocycles. The van der Waals surface area contributed by atoms with Crippen LogP contribution in [-0.4, -0.2) is 93.8 Å². The normalized spacial score (nSPS) is 11.4. The molecular weight excluding hydrogens is 739 g/mol. The highest BCUT2D eigenvalue weighted by atomic mass is 35.5. The third-order valence-corrected chi connectivity index (χ3v) is 10.2. The number of halogens is 2. The van der Waals surface area contributed by atoms with E-state index in [0.29, 0.717) is 25.9 Å². The summed E-state index contributed by atoms with van der Waals surface area (Å²) in [5.41, 5.74) is 6.30. The van der Waals surface area contributed by atoms with Crippen molar-refractivity contribution in [3.8, 4) is 0 Å². The van der Waals surface area contributed by atoms with Crippen LogP contribution in [0.1, 0.15) is 53.5 Å². The number of nitrogens with zero attached hydrogens (tertiary/aromatic N) is 4. The SMILES string of the molecule is Cc1cc(C)c(C[n+]2ccn(CCCNC(=O)NCCC[Si](O)(O)O)c2)c(C)c1C[n+]1ccn(CCCNC(=O)NCCC[Si](O)(O)O)c1.[Cl-].[Cl-]. The fourth-order valence-corrected chi connectivity index (χ4v) is 6.86. The van der Waals surface area contributed by atoms with Gasteiger partial charge in [0.15, 0.2) is 0 Å². The van der Waals surface area contributed by atoms with E-state index in [0.717, 1.165) is 39.0 Å². The van der Waals surface area contributed by atoms with E-state index in [4.69, 9.17) is 28.8 Å². The molecule has 51 heavy (non-hydrogen) atoms. The molecule has 0 unspecified atom stereocenters. The average molecular weight is 794 g/mol. The Morgan fingerprint density at radius 3 is 1.33 bits per heavy atom. The lowest BCUT2D eigenvalue weighted by atomic mass is 9.93. The first kappa shape index (κ1) is 46.0. The maximum absolute atomic E-state index is 11.9. The van der Waals surface area contributed by atoms with Gasteiger partial charge in [-0.2, -0.15) is 0 Å². The molecule has 0 aliphatic rings. The Labute approximate surface area is 313 Å². The summed E-state index contributed by atoms with van der Waals surface area (Å²) in [5.74, 6) is 0. The van der Waals surface area contributed by atoms with Crippen LogP contribution < -0.4 is 55.2 Å². The molecule has 3 rings (SSSR count). The lowest BCUT2D eigenvalue weighted by Crippen LogP contribution is -3.00. The number of benzene rings is 1. The lowest BCUT2D eigenvalue weighted by molar-refractivity contribution is -0.689. The fourth-order valence-electron chi connectivity index (χ4n) is 5.56. The van der Waals surface area contributed by atoms with Crippen molar-refractivity contribution in [2.24, 2.45) is 0 Å². The summed E-state index contributed by atoms with van der Waals surface area (Å²) in [6.45, 7) is 10.9. The molecule has 0 atom stereocenters. The molecule has 0 bridgehead atoms. The molecule has 0 aliphatic carbocycles. The van der Waals surface area contributed by atoms with E-state index in [1.54, 1.807) is 0 Å². The minimum Gasteiger partial charge on any atom is -1.00 e. The van der Waals surface area contributed by atoms with Gasteiger partial charge < -0.3 is 74.9 Å². The molecule has 0 spiro atoms. The molecule has 20 heteroatoms. The first-order valence-electron chi connectivity index (χ1n) is 16.7. The van der Waals surface area contributed by atoms with Crippen LogP contribution in [0.2, 0.25) is 12.1 Å². The van der Waals surface area contributed by atoms with E-state index in [-0.39, 0.29) is 62.1 Å². The molecule has 0 saturated carbocycles. The number of rotatable bonds is 20. The van der Waals surface area contributed by atoms with Crippen LogP contribution in [0.25, 0.3) is 0 Å². The zero-order valence-electron chi connectivity index (χ0n) is 29.5. The highest BCUT2D eigenvalue weighted by Gasteiger charge is 2.26. The van der Waals surface area contributed by atoms with Gasteiger partial charge in [-0.3, -0.25) is 0 Å². The molecule has 2 heterocycles. The monoisotopic (exact) mass is 792 g/mol. The van der Waals surface area contributed by atoms with Crippen LogP contribution in [-0.2, 0) is 26.2 Å². The zero-order valence-corrected chi connectivity index (χ0v) is 33.0. The van der Waals surface area contributed by atoms with Crippen molar-refractivity contribution in [1.82, 2.24) is 30.4 Å². The van der Waals surface area contributed by atoms with Crippen molar-refractivity contribution in [2.45, 2.75) is 84.7 Å². The third kappa shape index (κ3) is 17.8. The molecule has 4 amide bonds. The van der Waals surface area contributed by atoms with Crippen molar-refractivity contribution in [3.05, 3.63) is 71.3 Å². The highest BCUT2D eigenvalue weighted by Crippen LogP contribution is 2.22. The van der Waals surface area contributed by atoms with Crippen molar-refractivity contribution in [1.29, 1.82) is 0 Å². The van der Waals surface area contributed by atoms with E-state index in [9.17, 15) is 9.59 Å². The Kier molecular flexibility index (Phi) is 19.9. The van der Waals surface area contributed by atoms with Crippen LogP contribution in [0.15, 0.2) is 43.5 Å². The van der Waals surface area contributed by atoms with Gasteiger partial charge in [-0.15, -0.1) is 0 Å². The number of hydrogen-bond donors (Lipinski definition) is 10. The molecular formula is C31H54Cl2N8O8Si2. The number of amides is 4. The topological polar surface area (TPSA) is 221 Å². The van der Waals surface area contributed by atoms with E-state index < -0.39 is 17.6 Å². The Balaban J connectivity index is 0.00000650. The van der Waals surface area contributed by atoms with Gasteiger partial charge in [0.05, 0.1) is 13.1 Å². The Hall–Kier alpha value is -3.05. The standard InChI is InChI=1S/C31H52N8O8Si2.2ClH/c1-25-20-26(2)29(22-39-17-15-37(24-39)13-5-9-33-31(41)35-11-7-19-49(45,46)47)27(3)28(25)21-38-16-14-36(23-38)12-4-8-32-30(40)34-10-6-18-48(42,43)44;;/h14-17,20,23-24,42-47H,4-13,18-19,21-22H2,1-3H3,(H2-2,32,33,34,35,40,41);2*1H. The van der Waals surface area contributed by atoms with Gasteiger partial charge >= 0.3 is 29.7 Å². The highest BCUT2D eigenvalue weighted by molar-refractivity contribution is 6.56. The van der Waals surface area contributed by atoms with Crippen LogP contribution in [0.3, 0.4) is 0 Å². The van der Waals surface area contributed by atoms with Gasteiger partial charge in [-0.1, -0.05) is 6.07 Å². The fraction of sp³-hybridized carbons (Fsp3) is 0.548. The van der Waals surface area contributed by atoms with Gasteiger partial charge in [0, 0.05) is 51.1 Å². The molecule has 0 aliphatic heterocycles. The quantitative estimate of drug-likeness (QED) is 0.0300. The predicted molar refractivity (Wildman–Crippen MR) is 184 cm³/mol. The van der Waals surface area contributed by atoms with Crippen LogP contribution in [0, 0.1) is 20.8 Å². The van der Waals surface area contributed by atoms with E-state index in [1.807, 2.05) is 24.8 Å². The number of carbonyl (C=O) groups is 2. The summed E-state index contributed by atoms with van der Waals surface area (Å²) in [6.07, 6.45) is 14.3. The second kappa shape index (κ2) is 22.1. The first-order valence-corrected chi connectivity index (χ1v) is 20.8. The number of nitrogens with one attached hydrogen (secondary N) is 4. The number of urea groups is 2. The van der Waals surface area contributed by atoms with E-state index in [2.05, 4.69) is 79.0 Å². The Morgan fingerprint density at radius 1 is 0.627 bits per heavy atom. The summed E-state index contributed by atoms with van der Waals surface area (Å²) in [6, 6.07) is 1.37. The molecule has 1 aromatic carbocycles. The predicted octanol–water partition coefficient (Wildman–Crippen LogP) is -7.12. The van der Waals surface area contributed by atoms with Crippen molar-refractivity contribution in [3.63, 3.8) is 0 Å². The zero-order chi connectivity index (χ0) is 36.0.